The minimum atomic E-state index is -1.57. The fourth-order valence-corrected chi connectivity index (χ4v) is 4.81. The largest absolute Gasteiger partial charge is 0.493 e. The highest BCUT2D eigenvalue weighted by atomic mass is 19.1. The van der Waals surface area contributed by atoms with Gasteiger partial charge in [0.15, 0.2) is 11.5 Å². The molecule has 0 spiro atoms. The normalized spacial score (nSPS) is 15.3. The fourth-order valence-electron chi connectivity index (χ4n) is 4.81. The number of aromatic amines is 1. The summed E-state index contributed by atoms with van der Waals surface area (Å²) in [7, 11) is 1.43. The van der Waals surface area contributed by atoms with Gasteiger partial charge in [-0.1, -0.05) is 26.0 Å². The van der Waals surface area contributed by atoms with Gasteiger partial charge in [0.1, 0.15) is 36.1 Å². The first kappa shape index (κ1) is 27.4. The average Bonchev–Trinajstić information content (AvgIpc) is 3.51. The number of para-hydroxylation sites is 1. The van der Waals surface area contributed by atoms with Crippen LogP contribution < -0.4 is 19.5 Å². The summed E-state index contributed by atoms with van der Waals surface area (Å²) < 4.78 is 43.6. The molecule has 0 bridgehead atoms. The van der Waals surface area contributed by atoms with E-state index in [0.29, 0.717) is 46.0 Å². The number of benzene rings is 2. The van der Waals surface area contributed by atoms with Crippen LogP contribution in [0.1, 0.15) is 42.4 Å². The van der Waals surface area contributed by atoms with Crippen molar-refractivity contribution in [3.05, 3.63) is 71.3 Å². The number of alkyl halides is 1. The highest BCUT2D eigenvalue weighted by molar-refractivity contribution is 5.97. The molecule has 2 aromatic carbocycles. The van der Waals surface area contributed by atoms with Crippen LogP contribution in [0.25, 0.3) is 22.2 Å². The van der Waals surface area contributed by atoms with Crippen LogP contribution in [0.3, 0.4) is 0 Å². The lowest BCUT2D eigenvalue weighted by atomic mass is 9.84. The van der Waals surface area contributed by atoms with E-state index >= 15 is 0 Å². The molecule has 1 amide bonds. The van der Waals surface area contributed by atoms with Gasteiger partial charge in [-0.2, -0.15) is 0 Å². The molecule has 3 N–H and O–H groups in total. The molecule has 0 radical (unpaired) electrons. The molecule has 1 aliphatic heterocycles. The number of ether oxygens (including phenoxy) is 3. The summed E-state index contributed by atoms with van der Waals surface area (Å²) in [6.45, 7) is 5.12. The van der Waals surface area contributed by atoms with E-state index in [0.717, 1.165) is 5.56 Å². The average molecular weight is 552 g/mol. The number of hydrogen-bond donors (Lipinski definition) is 3. The maximum atomic E-state index is 14.4. The van der Waals surface area contributed by atoms with Crippen LogP contribution in [-0.4, -0.2) is 54.5 Å². The summed E-state index contributed by atoms with van der Waals surface area (Å²) >= 11 is 0. The van der Waals surface area contributed by atoms with Crippen molar-refractivity contribution in [2.75, 3.05) is 33.5 Å². The van der Waals surface area contributed by atoms with E-state index in [1.165, 1.54) is 31.4 Å². The van der Waals surface area contributed by atoms with Gasteiger partial charge in [-0.05, 0) is 37.3 Å². The Hall–Kier alpha value is -4.18. The smallest absolute Gasteiger partial charge is 0.251 e. The molecule has 1 unspecified atom stereocenters. The molecule has 0 fully saturated rings. The van der Waals surface area contributed by atoms with E-state index in [4.69, 9.17) is 19.2 Å². The summed E-state index contributed by atoms with van der Waals surface area (Å²) in [6, 6.07) is 11.1. The van der Waals surface area contributed by atoms with Gasteiger partial charge in [-0.3, -0.25) is 4.79 Å². The number of aromatic nitrogens is 2. The van der Waals surface area contributed by atoms with E-state index < -0.39 is 18.2 Å². The molecular weight excluding hydrogens is 520 g/mol. The number of hydrogen-bond acceptors (Lipinski definition) is 6. The third-order valence-electron chi connectivity index (χ3n) is 7.10. The first-order chi connectivity index (χ1) is 19.1. The summed E-state index contributed by atoms with van der Waals surface area (Å²) in [5.41, 5.74) is 1.02. The van der Waals surface area contributed by atoms with Gasteiger partial charge in [0.25, 0.3) is 5.91 Å². The number of pyridine rings is 1. The van der Waals surface area contributed by atoms with Crippen molar-refractivity contribution in [1.29, 1.82) is 0 Å². The number of aliphatic hydroxyl groups is 1. The Balaban J connectivity index is 1.46. The summed E-state index contributed by atoms with van der Waals surface area (Å²) in [5, 5.41) is 14.9. The van der Waals surface area contributed by atoms with Crippen LogP contribution in [0.15, 0.2) is 48.7 Å². The van der Waals surface area contributed by atoms with E-state index in [9.17, 15) is 18.7 Å². The van der Waals surface area contributed by atoms with Crippen LogP contribution in [0, 0.1) is 5.82 Å². The van der Waals surface area contributed by atoms with Gasteiger partial charge in [-0.15, -0.1) is 0 Å². The maximum absolute atomic E-state index is 14.4. The lowest BCUT2D eigenvalue weighted by Gasteiger charge is -2.26. The van der Waals surface area contributed by atoms with Crippen molar-refractivity contribution in [3.8, 4) is 28.5 Å². The van der Waals surface area contributed by atoms with Crippen molar-refractivity contribution in [2.45, 2.75) is 31.8 Å². The first-order valence-electron chi connectivity index (χ1n) is 12.9. The molecule has 40 heavy (non-hydrogen) atoms. The topological polar surface area (TPSA) is 106 Å². The number of amides is 1. The van der Waals surface area contributed by atoms with Crippen molar-refractivity contribution < 1.29 is 32.9 Å². The summed E-state index contributed by atoms with van der Waals surface area (Å²) in [6.07, 6.45) is 1.68. The molecule has 8 nitrogen and oxygen atoms in total. The van der Waals surface area contributed by atoms with Gasteiger partial charge in [0.05, 0.1) is 31.5 Å². The van der Waals surface area contributed by atoms with Crippen molar-refractivity contribution >= 4 is 16.8 Å². The highest BCUT2D eigenvalue weighted by Crippen LogP contribution is 2.46. The van der Waals surface area contributed by atoms with Gasteiger partial charge in [-0.25, -0.2) is 13.8 Å². The molecule has 10 heteroatoms. The predicted molar refractivity (Wildman–Crippen MR) is 146 cm³/mol. The maximum Gasteiger partial charge on any atom is 0.251 e. The second-order valence-electron chi connectivity index (χ2n) is 10.6. The first-order valence-corrected chi connectivity index (χ1v) is 12.9. The third kappa shape index (κ3) is 4.95. The number of carbonyl (C=O) groups is 1. The summed E-state index contributed by atoms with van der Waals surface area (Å²) in [5.74, 6) is 0.357. The molecule has 0 aliphatic carbocycles. The lowest BCUT2D eigenvalue weighted by Crippen LogP contribution is -2.39. The Kier molecular flexibility index (Phi) is 7.14. The Bertz CT molecular complexity index is 1580. The molecule has 0 saturated heterocycles. The minimum absolute atomic E-state index is 0.129. The molecule has 5 rings (SSSR count). The van der Waals surface area contributed by atoms with Gasteiger partial charge in [0.2, 0.25) is 0 Å². The van der Waals surface area contributed by atoms with Crippen LogP contribution in [0.2, 0.25) is 0 Å². The molecule has 0 saturated carbocycles. The van der Waals surface area contributed by atoms with Crippen LogP contribution >= 0.6 is 0 Å². The lowest BCUT2D eigenvalue weighted by molar-refractivity contribution is 0.0489. The Morgan fingerprint density at radius 1 is 1.25 bits per heavy atom. The predicted octanol–water partition coefficient (Wildman–Crippen LogP) is 5.03. The second kappa shape index (κ2) is 10.4. The Labute approximate surface area is 230 Å². The zero-order valence-electron chi connectivity index (χ0n) is 22.7. The van der Waals surface area contributed by atoms with Crippen molar-refractivity contribution in [2.24, 2.45) is 0 Å². The number of halogens is 2. The fraction of sp³-hybridized carbons (Fsp3) is 0.333. The van der Waals surface area contributed by atoms with Gasteiger partial charge < -0.3 is 29.6 Å². The van der Waals surface area contributed by atoms with Crippen LogP contribution in [0.4, 0.5) is 8.78 Å². The van der Waals surface area contributed by atoms with E-state index in [1.54, 1.807) is 31.3 Å². The van der Waals surface area contributed by atoms with Gasteiger partial charge >= 0.3 is 0 Å². The molecule has 3 heterocycles. The molecule has 2 aromatic heterocycles. The van der Waals surface area contributed by atoms with E-state index in [2.05, 4.69) is 10.3 Å². The van der Waals surface area contributed by atoms with Gasteiger partial charge in [0, 0.05) is 33.7 Å². The Morgan fingerprint density at radius 3 is 2.80 bits per heavy atom. The minimum Gasteiger partial charge on any atom is -0.493 e. The SMILES string of the molecule is COc1cc(C(=O)NCC(C)(O)c2cc3c(c(-c4c[nH]c5c(F)cccc45)n2)OCC3(C)C)ccc1OCCF. The number of H-pyrrole nitrogens is 1. The molecule has 210 valence electrons. The number of fused-ring (bicyclic) bond motifs is 2. The quantitative estimate of drug-likeness (QED) is 0.269. The number of carbonyl (C=O) groups excluding carboxylic acids is 1. The highest BCUT2D eigenvalue weighted by Gasteiger charge is 2.38. The molecule has 4 aromatic rings. The third-order valence-corrected chi connectivity index (χ3v) is 7.10. The van der Waals surface area contributed by atoms with Crippen LogP contribution in [-0.2, 0) is 11.0 Å². The standard InChI is InChI=1S/C30H31F2N3O5/c1-29(2)16-40-27-20(29)13-24(35-26(27)19-14-33-25-18(19)6-5-7-21(25)32)30(3,37)15-34-28(36)17-8-9-22(39-11-10-31)23(12-17)38-4/h5-9,12-14,33,37H,10-11,15-16H2,1-4H3,(H,34,36). The number of rotatable bonds is 9. The van der Waals surface area contributed by atoms with Crippen molar-refractivity contribution in [1.82, 2.24) is 15.3 Å². The second-order valence-corrected chi connectivity index (χ2v) is 10.6. The number of nitrogens with one attached hydrogen (secondary N) is 2. The number of methoxy groups -OCH3 is 1. The van der Waals surface area contributed by atoms with Crippen LogP contribution in [0.5, 0.6) is 17.2 Å². The monoisotopic (exact) mass is 551 g/mol. The van der Waals surface area contributed by atoms with E-state index in [-0.39, 0.29) is 35.7 Å². The summed E-state index contributed by atoms with van der Waals surface area (Å²) in [4.78, 5) is 20.7. The molecule has 1 aliphatic rings. The zero-order valence-corrected chi connectivity index (χ0v) is 22.7. The molecular formula is C30H31F2N3O5. The number of nitrogens with zero attached hydrogens (tertiary/aromatic N) is 1. The zero-order chi connectivity index (χ0) is 28.7. The molecule has 1 atom stereocenters. The Morgan fingerprint density at radius 2 is 2.05 bits per heavy atom. The van der Waals surface area contributed by atoms with Crippen molar-refractivity contribution in [3.63, 3.8) is 0 Å². The van der Waals surface area contributed by atoms with E-state index in [1.807, 2.05) is 13.8 Å².